The van der Waals surface area contributed by atoms with Crippen molar-refractivity contribution in [1.82, 2.24) is 10.6 Å². The third kappa shape index (κ3) is 5.09. The van der Waals surface area contributed by atoms with E-state index in [0.717, 1.165) is 5.56 Å². The highest BCUT2D eigenvalue weighted by atomic mass is 16.2. The van der Waals surface area contributed by atoms with Crippen LogP contribution in [0.5, 0.6) is 0 Å². The quantitative estimate of drug-likeness (QED) is 0.656. The molecule has 19 heavy (non-hydrogen) atoms. The Hall–Kier alpha value is -1.88. The second kappa shape index (κ2) is 7.53. The maximum absolute atomic E-state index is 11.7. The van der Waals surface area contributed by atoms with E-state index in [1.54, 1.807) is 12.1 Å². The van der Waals surface area contributed by atoms with Crippen LogP contribution in [-0.2, 0) is 4.79 Å². The molecule has 0 aromatic heterocycles. The van der Waals surface area contributed by atoms with E-state index in [0.29, 0.717) is 25.1 Å². The fourth-order valence-corrected chi connectivity index (χ4v) is 1.49. The molecular formula is C14H21N3O2. The molecule has 0 saturated heterocycles. The summed E-state index contributed by atoms with van der Waals surface area (Å²) >= 11 is 0. The second-order valence-corrected chi connectivity index (χ2v) is 4.43. The van der Waals surface area contributed by atoms with E-state index in [2.05, 4.69) is 10.6 Å². The molecule has 1 aromatic rings. The van der Waals surface area contributed by atoms with Gasteiger partial charge in [0.15, 0.2) is 0 Å². The highest BCUT2D eigenvalue weighted by Gasteiger charge is 2.09. The van der Waals surface area contributed by atoms with E-state index in [1.807, 2.05) is 26.0 Å². The van der Waals surface area contributed by atoms with Crippen LogP contribution < -0.4 is 16.4 Å². The molecular weight excluding hydrogens is 242 g/mol. The SMILES string of the molecule is CC[C@@H](N)C(=O)NCCNC(=O)c1ccc(C)cc1. The predicted molar refractivity (Wildman–Crippen MR) is 74.8 cm³/mol. The minimum Gasteiger partial charge on any atom is -0.353 e. The molecule has 0 aliphatic heterocycles. The zero-order valence-corrected chi connectivity index (χ0v) is 11.4. The molecule has 1 aromatic carbocycles. The summed E-state index contributed by atoms with van der Waals surface area (Å²) in [5, 5.41) is 5.41. The Labute approximate surface area is 113 Å². The van der Waals surface area contributed by atoms with Crippen LogP contribution in [0.25, 0.3) is 0 Å². The number of hydrogen-bond donors (Lipinski definition) is 3. The van der Waals surface area contributed by atoms with Gasteiger partial charge < -0.3 is 16.4 Å². The summed E-state index contributed by atoms with van der Waals surface area (Å²) in [6.07, 6.45) is 0.599. The van der Waals surface area contributed by atoms with Crippen molar-refractivity contribution >= 4 is 11.8 Å². The molecule has 0 unspecified atom stereocenters. The average Bonchev–Trinajstić information content (AvgIpc) is 2.42. The Morgan fingerprint density at radius 1 is 1.16 bits per heavy atom. The first-order valence-corrected chi connectivity index (χ1v) is 6.42. The third-order valence-corrected chi connectivity index (χ3v) is 2.80. The normalized spacial score (nSPS) is 11.7. The van der Waals surface area contributed by atoms with Gasteiger partial charge in [-0.05, 0) is 25.5 Å². The molecule has 5 nitrogen and oxygen atoms in total. The Kier molecular flexibility index (Phi) is 6.02. The maximum atomic E-state index is 11.7. The lowest BCUT2D eigenvalue weighted by Gasteiger charge is -2.10. The lowest BCUT2D eigenvalue weighted by atomic mass is 10.1. The fraction of sp³-hybridized carbons (Fsp3) is 0.429. The van der Waals surface area contributed by atoms with Crippen LogP contribution in [0.2, 0.25) is 0 Å². The van der Waals surface area contributed by atoms with Crippen molar-refractivity contribution in [2.45, 2.75) is 26.3 Å². The van der Waals surface area contributed by atoms with Crippen molar-refractivity contribution in [1.29, 1.82) is 0 Å². The van der Waals surface area contributed by atoms with Gasteiger partial charge in [0.25, 0.3) is 5.91 Å². The summed E-state index contributed by atoms with van der Waals surface area (Å²) < 4.78 is 0. The molecule has 5 heteroatoms. The minimum absolute atomic E-state index is 0.144. The van der Waals surface area contributed by atoms with Gasteiger partial charge in [0.2, 0.25) is 5.91 Å². The molecule has 0 spiro atoms. The van der Waals surface area contributed by atoms with Crippen LogP contribution in [0.15, 0.2) is 24.3 Å². The number of benzene rings is 1. The number of amides is 2. The van der Waals surface area contributed by atoms with Gasteiger partial charge in [-0.3, -0.25) is 9.59 Å². The first kappa shape index (κ1) is 15.2. The lowest BCUT2D eigenvalue weighted by Crippen LogP contribution is -2.43. The van der Waals surface area contributed by atoms with Gasteiger partial charge in [0.05, 0.1) is 6.04 Å². The molecule has 2 amide bonds. The molecule has 0 saturated carbocycles. The number of nitrogens with two attached hydrogens (primary N) is 1. The lowest BCUT2D eigenvalue weighted by molar-refractivity contribution is -0.122. The smallest absolute Gasteiger partial charge is 0.251 e. The van der Waals surface area contributed by atoms with Gasteiger partial charge in [-0.15, -0.1) is 0 Å². The standard InChI is InChI=1S/C14H21N3O2/c1-3-12(15)14(19)17-9-8-16-13(18)11-6-4-10(2)5-7-11/h4-7,12H,3,8-9,15H2,1-2H3,(H,16,18)(H,17,19)/t12-/m1/s1. The summed E-state index contributed by atoms with van der Waals surface area (Å²) in [4.78, 5) is 23.1. The number of carbonyl (C=O) groups is 2. The van der Waals surface area contributed by atoms with Crippen molar-refractivity contribution in [3.05, 3.63) is 35.4 Å². The van der Waals surface area contributed by atoms with E-state index in [-0.39, 0.29) is 11.8 Å². The number of aryl methyl sites for hydroxylation is 1. The highest BCUT2D eigenvalue weighted by Crippen LogP contribution is 2.02. The molecule has 4 N–H and O–H groups in total. The van der Waals surface area contributed by atoms with Crippen LogP contribution in [-0.4, -0.2) is 30.9 Å². The molecule has 0 aliphatic carbocycles. The third-order valence-electron chi connectivity index (χ3n) is 2.80. The maximum Gasteiger partial charge on any atom is 0.251 e. The van der Waals surface area contributed by atoms with E-state index < -0.39 is 6.04 Å². The number of rotatable bonds is 6. The van der Waals surface area contributed by atoms with Crippen molar-refractivity contribution in [2.75, 3.05) is 13.1 Å². The number of carbonyl (C=O) groups excluding carboxylic acids is 2. The van der Waals surface area contributed by atoms with Gasteiger partial charge in [0, 0.05) is 18.7 Å². The summed E-state index contributed by atoms with van der Waals surface area (Å²) in [5.41, 5.74) is 7.29. The van der Waals surface area contributed by atoms with Gasteiger partial charge in [0.1, 0.15) is 0 Å². The van der Waals surface area contributed by atoms with Crippen molar-refractivity contribution < 1.29 is 9.59 Å². The van der Waals surface area contributed by atoms with Gasteiger partial charge in [-0.2, -0.15) is 0 Å². The Bertz CT molecular complexity index is 429. The minimum atomic E-state index is -0.479. The topological polar surface area (TPSA) is 84.2 Å². The monoisotopic (exact) mass is 263 g/mol. The number of nitrogens with one attached hydrogen (secondary N) is 2. The van der Waals surface area contributed by atoms with Gasteiger partial charge >= 0.3 is 0 Å². The van der Waals surface area contributed by atoms with Crippen molar-refractivity contribution in [3.8, 4) is 0 Å². The zero-order valence-electron chi connectivity index (χ0n) is 11.4. The average molecular weight is 263 g/mol. The second-order valence-electron chi connectivity index (χ2n) is 4.43. The van der Waals surface area contributed by atoms with Gasteiger partial charge in [-0.1, -0.05) is 24.6 Å². The highest BCUT2D eigenvalue weighted by molar-refractivity contribution is 5.94. The van der Waals surface area contributed by atoms with Crippen molar-refractivity contribution in [3.63, 3.8) is 0 Å². The van der Waals surface area contributed by atoms with Crippen LogP contribution in [0.4, 0.5) is 0 Å². The van der Waals surface area contributed by atoms with Crippen LogP contribution in [0.3, 0.4) is 0 Å². The molecule has 0 bridgehead atoms. The molecule has 104 valence electrons. The summed E-state index contributed by atoms with van der Waals surface area (Å²) in [5.74, 6) is -0.332. The Morgan fingerprint density at radius 2 is 1.74 bits per heavy atom. The largest absolute Gasteiger partial charge is 0.353 e. The van der Waals surface area contributed by atoms with Crippen LogP contribution in [0.1, 0.15) is 29.3 Å². The zero-order chi connectivity index (χ0) is 14.3. The Balaban J connectivity index is 2.28. The van der Waals surface area contributed by atoms with E-state index >= 15 is 0 Å². The Morgan fingerprint density at radius 3 is 2.32 bits per heavy atom. The molecule has 0 fully saturated rings. The molecule has 1 rings (SSSR count). The van der Waals surface area contributed by atoms with Crippen LogP contribution >= 0.6 is 0 Å². The van der Waals surface area contributed by atoms with E-state index in [9.17, 15) is 9.59 Å². The first-order chi connectivity index (χ1) is 9.04. The fourth-order valence-electron chi connectivity index (χ4n) is 1.49. The predicted octanol–water partition coefficient (Wildman–Crippen LogP) is 0.578. The first-order valence-electron chi connectivity index (χ1n) is 6.42. The van der Waals surface area contributed by atoms with Crippen LogP contribution in [0, 0.1) is 6.92 Å². The van der Waals surface area contributed by atoms with E-state index in [4.69, 9.17) is 5.73 Å². The van der Waals surface area contributed by atoms with Gasteiger partial charge in [-0.25, -0.2) is 0 Å². The molecule has 0 aliphatic rings. The molecule has 1 atom stereocenters. The summed E-state index contributed by atoms with van der Waals surface area (Å²) in [7, 11) is 0. The van der Waals surface area contributed by atoms with E-state index in [1.165, 1.54) is 0 Å². The molecule has 0 heterocycles. The summed E-state index contributed by atoms with van der Waals surface area (Å²) in [6.45, 7) is 4.58. The summed E-state index contributed by atoms with van der Waals surface area (Å²) in [6, 6.07) is 6.84. The van der Waals surface area contributed by atoms with Crippen molar-refractivity contribution in [2.24, 2.45) is 5.73 Å². The molecule has 0 radical (unpaired) electrons. The number of hydrogen-bond acceptors (Lipinski definition) is 3.